The van der Waals surface area contributed by atoms with E-state index in [0.717, 1.165) is 11.2 Å². The summed E-state index contributed by atoms with van der Waals surface area (Å²) in [5.41, 5.74) is 3.09. The molecule has 1 aromatic carbocycles. The van der Waals surface area contributed by atoms with Crippen molar-refractivity contribution >= 4 is 11.6 Å². The standard InChI is InChI=1S/C17H14N2O4/c1-11-2-5-16-18-13(8-19(16)7-11)9-21-17(20)12-3-4-14-15(6-12)23-10-22-14/h2-8H,9-10H2,1H3. The Bertz CT molecular complexity index is 901. The van der Waals surface area contributed by atoms with Gasteiger partial charge in [-0.3, -0.25) is 0 Å². The molecule has 0 atom stereocenters. The number of benzene rings is 1. The number of hydrogen-bond donors (Lipinski definition) is 0. The van der Waals surface area contributed by atoms with Crippen LogP contribution >= 0.6 is 0 Å². The number of esters is 1. The summed E-state index contributed by atoms with van der Waals surface area (Å²) in [5, 5.41) is 0. The monoisotopic (exact) mass is 310 g/mol. The third-order valence-electron chi connectivity index (χ3n) is 3.61. The van der Waals surface area contributed by atoms with E-state index in [0.29, 0.717) is 22.8 Å². The maximum Gasteiger partial charge on any atom is 0.338 e. The van der Waals surface area contributed by atoms with E-state index in [1.54, 1.807) is 18.2 Å². The summed E-state index contributed by atoms with van der Waals surface area (Å²) < 4.78 is 17.7. The third kappa shape index (κ3) is 2.59. The quantitative estimate of drug-likeness (QED) is 0.696. The Balaban J connectivity index is 1.48. The van der Waals surface area contributed by atoms with Crippen LogP contribution in [-0.2, 0) is 11.3 Å². The van der Waals surface area contributed by atoms with Crippen molar-refractivity contribution < 1.29 is 19.0 Å². The molecule has 0 N–H and O–H groups in total. The lowest BCUT2D eigenvalue weighted by atomic mass is 10.2. The fourth-order valence-electron chi connectivity index (χ4n) is 2.47. The zero-order valence-corrected chi connectivity index (χ0v) is 12.5. The molecule has 6 nitrogen and oxygen atoms in total. The Hall–Kier alpha value is -3.02. The Morgan fingerprint density at radius 3 is 3.00 bits per heavy atom. The molecule has 0 fully saturated rings. The SMILES string of the molecule is Cc1ccc2nc(COC(=O)c3ccc4c(c3)OCO4)cn2c1. The molecular weight excluding hydrogens is 296 g/mol. The van der Waals surface area contributed by atoms with Crippen LogP contribution in [0.2, 0.25) is 0 Å². The molecule has 0 unspecified atom stereocenters. The second-order valence-corrected chi connectivity index (χ2v) is 5.35. The van der Waals surface area contributed by atoms with Gasteiger partial charge in [0, 0.05) is 12.4 Å². The average molecular weight is 310 g/mol. The van der Waals surface area contributed by atoms with Gasteiger partial charge in [-0.25, -0.2) is 9.78 Å². The second kappa shape index (κ2) is 5.31. The van der Waals surface area contributed by atoms with Crippen molar-refractivity contribution in [3.05, 3.63) is 59.5 Å². The number of hydrogen-bond acceptors (Lipinski definition) is 5. The summed E-state index contributed by atoms with van der Waals surface area (Å²) in [4.78, 5) is 16.6. The molecule has 0 bridgehead atoms. The Labute approximate surface area is 132 Å². The van der Waals surface area contributed by atoms with Gasteiger partial charge in [0.2, 0.25) is 6.79 Å². The van der Waals surface area contributed by atoms with Gasteiger partial charge in [-0.15, -0.1) is 0 Å². The van der Waals surface area contributed by atoms with E-state index in [4.69, 9.17) is 14.2 Å². The summed E-state index contributed by atoms with van der Waals surface area (Å²) >= 11 is 0. The molecule has 3 heterocycles. The van der Waals surface area contributed by atoms with E-state index in [1.807, 2.05) is 35.9 Å². The highest BCUT2D eigenvalue weighted by Crippen LogP contribution is 2.32. The lowest BCUT2D eigenvalue weighted by Crippen LogP contribution is -2.05. The van der Waals surface area contributed by atoms with Crippen LogP contribution in [0.15, 0.2) is 42.7 Å². The fourth-order valence-corrected chi connectivity index (χ4v) is 2.47. The minimum absolute atomic E-state index is 0.119. The zero-order chi connectivity index (χ0) is 15.8. The molecule has 0 spiro atoms. The topological polar surface area (TPSA) is 62.1 Å². The van der Waals surface area contributed by atoms with Crippen molar-refractivity contribution in [3.8, 4) is 11.5 Å². The van der Waals surface area contributed by atoms with E-state index >= 15 is 0 Å². The third-order valence-corrected chi connectivity index (χ3v) is 3.61. The molecule has 23 heavy (non-hydrogen) atoms. The molecule has 1 aliphatic rings. The largest absolute Gasteiger partial charge is 0.456 e. The van der Waals surface area contributed by atoms with E-state index in [1.165, 1.54) is 0 Å². The first-order valence-corrected chi connectivity index (χ1v) is 7.20. The van der Waals surface area contributed by atoms with Gasteiger partial charge in [-0.05, 0) is 36.8 Å². The van der Waals surface area contributed by atoms with Crippen molar-refractivity contribution in [3.63, 3.8) is 0 Å². The Morgan fingerprint density at radius 2 is 2.09 bits per heavy atom. The molecule has 0 saturated heterocycles. The number of carbonyl (C=O) groups excluding carboxylic acids is 1. The van der Waals surface area contributed by atoms with Crippen molar-refractivity contribution in [1.82, 2.24) is 9.38 Å². The predicted octanol–water partition coefficient (Wildman–Crippen LogP) is 2.73. The summed E-state index contributed by atoms with van der Waals surface area (Å²) in [6.07, 6.45) is 3.83. The van der Waals surface area contributed by atoms with Gasteiger partial charge < -0.3 is 18.6 Å². The van der Waals surface area contributed by atoms with Gasteiger partial charge in [0.1, 0.15) is 12.3 Å². The van der Waals surface area contributed by atoms with Crippen molar-refractivity contribution in [2.45, 2.75) is 13.5 Å². The van der Waals surface area contributed by atoms with E-state index in [2.05, 4.69) is 4.98 Å². The van der Waals surface area contributed by atoms with Crippen LogP contribution in [0.3, 0.4) is 0 Å². The van der Waals surface area contributed by atoms with Crippen LogP contribution < -0.4 is 9.47 Å². The molecule has 3 aromatic rings. The predicted molar refractivity (Wildman–Crippen MR) is 81.6 cm³/mol. The smallest absolute Gasteiger partial charge is 0.338 e. The van der Waals surface area contributed by atoms with Crippen molar-refractivity contribution in [2.75, 3.05) is 6.79 Å². The Morgan fingerprint density at radius 1 is 1.22 bits per heavy atom. The van der Waals surface area contributed by atoms with Crippen LogP contribution in [0, 0.1) is 6.92 Å². The number of fused-ring (bicyclic) bond motifs is 2. The highest BCUT2D eigenvalue weighted by Gasteiger charge is 2.17. The van der Waals surface area contributed by atoms with E-state index in [-0.39, 0.29) is 13.4 Å². The van der Waals surface area contributed by atoms with Crippen LogP contribution in [-0.4, -0.2) is 22.1 Å². The van der Waals surface area contributed by atoms with Crippen LogP contribution in [0.5, 0.6) is 11.5 Å². The van der Waals surface area contributed by atoms with Gasteiger partial charge in [-0.1, -0.05) is 6.07 Å². The number of pyridine rings is 1. The summed E-state index contributed by atoms with van der Waals surface area (Å²) in [5.74, 6) is 0.775. The molecular formula is C17H14N2O4. The number of carbonyl (C=O) groups is 1. The Kier molecular flexibility index (Phi) is 3.15. The molecule has 0 saturated carbocycles. The van der Waals surface area contributed by atoms with Gasteiger partial charge in [0.15, 0.2) is 11.5 Å². The second-order valence-electron chi connectivity index (χ2n) is 5.35. The maximum absolute atomic E-state index is 12.1. The number of ether oxygens (including phenoxy) is 3. The molecule has 0 aliphatic carbocycles. The summed E-state index contributed by atoms with van der Waals surface area (Å²) in [7, 11) is 0. The highest BCUT2D eigenvalue weighted by molar-refractivity contribution is 5.90. The van der Waals surface area contributed by atoms with E-state index in [9.17, 15) is 4.79 Å². The minimum atomic E-state index is -0.420. The molecule has 2 aromatic heterocycles. The lowest BCUT2D eigenvalue weighted by Gasteiger charge is -2.03. The van der Waals surface area contributed by atoms with E-state index < -0.39 is 5.97 Å². The van der Waals surface area contributed by atoms with Gasteiger partial charge in [-0.2, -0.15) is 0 Å². The number of aromatic nitrogens is 2. The zero-order valence-electron chi connectivity index (χ0n) is 12.5. The molecule has 116 valence electrons. The van der Waals surface area contributed by atoms with Crippen LogP contribution in [0.25, 0.3) is 5.65 Å². The van der Waals surface area contributed by atoms with Crippen LogP contribution in [0.4, 0.5) is 0 Å². The maximum atomic E-state index is 12.1. The van der Waals surface area contributed by atoms with Crippen molar-refractivity contribution in [2.24, 2.45) is 0 Å². The number of nitrogens with zero attached hydrogens (tertiary/aromatic N) is 2. The number of aryl methyl sites for hydroxylation is 1. The summed E-state index contributed by atoms with van der Waals surface area (Å²) in [6.45, 7) is 2.31. The highest BCUT2D eigenvalue weighted by atomic mass is 16.7. The molecule has 0 radical (unpaired) electrons. The van der Waals surface area contributed by atoms with Crippen LogP contribution in [0.1, 0.15) is 21.6 Å². The molecule has 4 rings (SSSR count). The fraction of sp³-hybridized carbons (Fsp3) is 0.176. The molecule has 1 aliphatic heterocycles. The first-order chi connectivity index (χ1) is 11.2. The number of rotatable bonds is 3. The summed E-state index contributed by atoms with van der Waals surface area (Å²) in [6, 6.07) is 8.90. The lowest BCUT2D eigenvalue weighted by molar-refractivity contribution is 0.0468. The van der Waals surface area contributed by atoms with Gasteiger partial charge in [0.05, 0.1) is 11.3 Å². The van der Waals surface area contributed by atoms with Gasteiger partial charge >= 0.3 is 5.97 Å². The number of imidazole rings is 1. The average Bonchev–Trinajstić information content (AvgIpc) is 3.17. The molecule has 0 amide bonds. The van der Waals surface area contributed by atoms with Crippen molar-refractivity contribution in [1.29, 1.82) is 0 Å². The first-order valence-electron chi connectivity index (χ1n) is 7.20. The normalized spacial score (nSPS) is 12.6. The minimum Gasteiger partial charge on any atom is -0.456 e. The molecule has 6 heteroatoms. The first kappa shape index (κ1) is 13.6. The van der Waals surface area contributed by atoms with Gasteiger partial charge in [0.25, 0.3) is 0 Å².